The summed E-state index contributed by atoms with van der Waals surface area (Å²) in [6, 6.07) is 0. The van der Waals surface area contributed by atoms with Crippen LogP contribution in [0, 0.1) is 5.92 Å². The van der Waals surface area contributed by atoms with E-state index in [4.69, 9.17) is 0 Å². The highest BCUT2D eigenvalue weighted by molar-refractivity contribution is 7.81. The van der Waals surface area contributed by atoms with Gasteiger partial charge in [0, 0.05) is 13.1 Å². The molecule has 12 heavy (non-hydrogen) atoms. The lowest BCUT2D eigenvalue weighted by atomic mass is 9.94. The van der Waals surface area contributed by atoms with Gasteiger partial charge in [0.2, 0.25) is 5.91 Å². The van der Waals surface area contributed by atoms with Crippen molar-refractivity contribution in [2.75, 3.05) is 18.8 Å². The third-order valence-corrected chi connectivity index (χ3v) is 2.95. The van der Waals surface area contributed by atoms with E-state index in [1.54, 1.807) is 0 Å². The van der Waals surface area contributed by atoms with Gasteiger partial charge < -0.3 is 4.90 Å². The number of rotatable bonds is 2. The average molecular weight is 187 g/mol. The first-order valence-electron chi connectivity index (χ1n) is 4.66. The lowest BCUT2D eigenvalue weighted by molar-refractivity contribution is -0.129. The standard InChI is InChI=1S/C9H17NOS/c1-2-8-3-5-10(6-4-8)9(11)7-12/h8,12H,2-7H2,1H3. The van der Waals surface area contributed by atoms with Gasteiger partial charge in [0.15, 0.2) is 0 Å². The first-order chi connectivity index (χ1) is 5.77. The molecule has 3 heteroatoms. The molecule has 1 rings (SSSR count). The summed E-state index contributed by atoms with van der Waals surface area (Å²) in [6.07, 6.45) is 3.61. The van der Waals surface area contributed by atoms with E-state index >= 15 is 0 Å². The van der Waals surface area contributed by atoms with Gasteiger partial charge in [-0.2, -0.15) is 12.6 Å². The van der Waals surface area contributed by atoms with Crippen LogP contribution >= 0.6 is 12.6 Å². The predicted molar refractivity (Wildman–Crippen MR) is 53.4 cm³/mol. The van der Waals surface area contributed by atoms with Crippen LogP contribution in [0.1, 0.15) is 26.2 Å². The Bertz CT molecular complexity index is 153. The Balaban J connectivity index is 2.30. The minimum Gasteiger partial charge on any atom is -0.342 e. The topological polar surface area (TPSA) is 20.3 Å². The number of thiol groups is 1. The fourth-order valence-electron chi connectivity index (χ4n) is 1.69. The van der Waals surface area contributed by atoms with Gasteiger partial charge in [-0.3, -0.25) is 4.79 Å². The summed E-state index contributed by atoms with van der Waals surface area (Å²) in [5.74, 6) is 1.39. The maximum atomic E-state index is 11.2. The van der Waals surface area contributed by atoms with E-state index in [0.29, 0.717) is 5.75 Å². The van der Waals surface area contributed by atoms with Crippen molar-refractivity contribution in [2.24, 2.45) is 5.92 Å². The molecule has 1 fully saturated rings. The Labute approximate surface area is 79.7 Å². The number of carbonyl (C=O) groups excluding carboxylic acids is 1. The number of nitrogens with zero attached hydrogens (tertiary/aromatic N) is 1. The van der Waals surface area contributed by atoms with Gasteiger partial charge in [0.25, 0.3) is 0 Å². The fraction of sp³-hybridized carbons (Fsp3) is 0.889. The molecule has 0 atom stereocenters. The molecule has 0 bridgehead atoms. The van der Waals surface area contributed by atoms with E-state index in [2.05, 4.69) is 19.6 Å². The molecule has 1 heterocycles. The molecular formula is C9H17NOS. The Hall–Kier alpha value is -0.180. The van der Waals surface area contributed by atoms with Crippen molar-refractivity contribution >= 4 is 18.5 Å². The summed E-state index contributed by atoms with van der Waals surface area (Å²) >= 11 is 3.98. The van der Waals surface area contributed by atoms with Crippen LogP contribution in [0.4, 0.5) is 0 Å². The van der Waals surface area contributed by atoms with Crippen LogP contribution in [0.3, 0.4) is 0 Å². The zero-order valence-corrected chi connectivity index (χ0v) is 8.52. The van der Waals surface area contributed by atoms with Crippen LogP contribution < -0.4 is 0 Å². The van der Waals surface area contributed by atoms with E-state index in [1.165, 1.54) is 19.3 Å². The second-order valence-corrected chi connectivity index (χ2v) is 3.71. The largest absolute Gasteiger partial charge is 0.342 e. The molecule has 0 saturated carbocycles. The highest BCUT2D eigenvalue weighted by Crippen LogP contribution is 2.19. The molecule has 0 aromatic rings. The minimum absolute atomic E-state index is 0.188. The van der Waals surface area contributed by atoms with Crippen molar-refractivity contribution in [3.8, 4) is 0 Å². The Morgan fingerprint density at radius 1 is 1.50 bits per heavy atom. The number of amides is 1. The summed E-state index contributed by atoms with van der Waals surface area (Å²) in [4.78, 5) is 13.1. The molecule has 0 spiro atoms. The highest BCUT2D eigenvalue weighted by atomic mass is 32.1. The number of hydrogen-bond acceptors (Lipinski definition) is 2. The lowest BCUT2D eigenvalue weighted by Gasteiger charge is -2.31. The first kappa shape index (κ1) is 9.90. The lowest BCUT2D eigenvalue weighted by Crippen LogP contribution is -2.39. The van der Waals surface area contributed by atoms with Crippen molar-refractivity contribution < 1.29 is 4.79 Å². The van der Waals surface area contributed by atoms with E-state index in [1.807, 2.05) is 4.90 Å². The molecule has 2 nitrogen and oxygen atoms in total. The van der Waals surface area contributed by atoms with Crippen LogP contribution in [0.15, 0.2) is 0 Å². The molecule has 0 aromatic carbocycles. The van der Waals surface area contributed by atoms with Gasteiger partial charge in [0.05, 0.1) is 5.75 Å². The van der Waals surface area contributed by atoms with Gasteiger partial charge in [-0.05, 0) is 18.8 Å². The number of hydrogen-bond donors (Lipinski definition) is 1. The summed E-state index contributed by atoms with van der Waals surface area (Å²) in [7, 11) is 0. The predicted octanol–water partition coefficient (Wildman–Crippen LogP) is 1.56. The van der Waals surface area contributed by atoms with Gasteiger partial charge in [-0.15, -0.1) is 0 Å². The first-order valence-corrected chi connectivity index (χ1v) is 5.29. The normalized spacial score (nSPS) is 19.7. The van der Waals surface area contributed by atoms with Gasteiger partial charge in [-0.1, -0.05) is 13.3 Å². The molecule has 0 unspecified atom stereocenters. The Kier molecular flexibility index (Phi) is 3.92. The smallest absolute Gasteiger partial charge is 0.232 e. The number of piperidine rings is 1. The molecule has 0 N–H and O–H groups in total. The molecule has 0 radical (unpaired) electrons. The van der Waals surface area contributed by atoms with Crippen LogP contribution in [0.25, 0.3) is 0 Å². The highest BCUT2D eigenvalue weighted by Gasteiger charge is 2.20. The van der Waals surface area contributed by atoms with E-state index in [-0.39, 0.29) is 5.91 Å². The average Bonchev–Trinajstić information content (AvgIpc) is 2.17. The number of carbonyl (C=O) groups is 1. The Morgan fingerprint density at radius 2 is 2.08 bits per heavy atom. The maximum absolute atomic E-state index is 11.2. The second kappa shape index (κ2) is 4.75. The molecule has 1 aliphatic rings. The molecule has 1 aliphatic heterocycles. The van der Waals surface area contributed by atoms with Crippen molar-refractivity contribution in [1.29, 1.82) is 0 Å². The molecule has 1 amide bonds. The van der Waals surface area contributed by atoms with Crippen molar-refractivity contribution in [3.63, 3.8) is 0 Å². The van der Waals surface area contributed by atoms with Crippen LogP contribution in [0.5, 0.6) is 0 Å². The van der Waals surface area contributed by atoms with Crippen molar-refractivity contribution in [3.05, 3.63) is 0 Å². The Morgan fingerprint density at radius 3 is 2.50 bits per heavy atom. The summed E-state index contributed by atoms with van der Waals surface area (Å²) in [6.45, 7) is 4.11. The maximum Gasteiger partial charge on any atom is 0.232 e. The quantitative estimate of drug-likeness (QED) is 0.651. The summed E-state index contributed by atoms with van der Waals surface area (Å²) in [5.41, 5.74) is 0. The van der Waals surface area contributed by atoms with Gasteiger partial charge in [0.1, 0.15) is 0 Å². The second-order valence-electron chi connectivity index (χ2n) is 3.39. The van der Waals surface area contributed by atoms with Crippen LogP contribution in [-0.4, -0.2) is 29.6 Å². The third-order valence-electron chi connectivity index (χ3n) is 2.68. The van der Waals surface area contributed by atoms with Gasteiger partial charge in [-0.25, -0.2) is 0 Å². The van der Waals surface area contributed by atoms with Crippen molar-refractivity contribution in [1.82, 2.24) is 4.90 Å². The molecular weight excluding hydrogens is 170 g/mol. The SMILES string of the molecule is CCC1CCN(C(=O)CS)CC1. The third kappa shape index (κ3) is 2.41. The molecule has 0 aromatic heterocycles. The number of likely N-dealkylation sites (tertiary alicyclic amines) is 1. The summed E-state index contributed by atoms with van der Waals surface area (Å²) < 4.78 is 0. The minimum atomic E-state index is 0.188. The van der Waals surface area contributed by atoms with Crippen LogP contribution in [-0.2, 0) is 4.79 Å². The van der Waals surface area contributed by atoms with Crippen LogP contribution in [0.2, 0.25) is 0 Å². The fourth-order valence-corrected chi connectivity index (χ4v) is 1.89. The van der Waals surface area contributed by atoms with E-state index in [9.17, 15) is 4.79 Å². The zero-order valence-electron chi connectivity index (χ0n) is 7.62. The molecule has 0 aliphatic carbocycles. The molecule has 70 valence electrons. The monoisotopic (exact) mass is 187 g/mol. The van der Waals surface area contributed by atoms with E-state index < -0.39 is 0 Å². The van der Waals surface area contributed by atoms with E-state index in [0.717, 1.165) is 19.0 Å². The zero-order chi connectivity index (χ0) is 8.97. The summed E-state index contributed by atoms with van der Waals surface area (Å²) in [5, 5.41) is 0. The van der Waals surface area contributed by atoms with Crippen molar-refractivity contribution in [2.45, 2.75) is 26.2 Å². The molecule has 1 saturated heterocycles. The van der Waals surface area contributed by atoms with Gasteiger partial charge >= 0.3 is 0 Å².